The molecule has 1 aromatic rings. The van der Waals surface area contributed by atoms with Gasteiger partial charge in [-0.2, -0.15) is 0 Å². The minimum absolute atomic E-state index is 0.0352. The molecule has 1 aliphatic heterocycles. The number of fused-ring (bicyclic) bond motifs is 1. The highest BCUT2D eigenvalue weighted by molar-refractivity contribution is 6.29. The molecule has 0 saturated carbocycles. The van der Waals surface area contributed by atoms with Gasteiger partial charge in [-0.25, -0.2) is 0 Å². The van der Waals surface area contributed by atoms with Crippen LogP contribution in [0.4, 0.5) is 0 Å². The number of methoxy groups -OCH3 is 1. The zero-order chi connectivity index (χ0) is 21.0. The van der Waals surface area contributed by atoms with E-state index >= 15 is 0 Å². The summed E-state index contributed by atoms with van der Waals surface area (Å²) in [6, 6.07) is 4.82. The smallest absolute Gasteiger partial charge is 0.193 e. The quantitative estimate of drug-likeness (QED) is 0.828. The van der Waals surface area contributed by atoms with Gasteiger partial charge in [-0.1, -0.05) is 12.1 Å². The zero-order valence-corrected chi connectivity index (χ0v) is 16.7. The molecule has 1 fully saturated rings. The maximum atomic E-state index is 13.4. The van der Waals surface area contributed by atoms with Gasteiger partial charge in [0.05, 0.1) is 37.4 Å². The van der Waals surface area contributed by atoms with Crippen molar-refractivity contribution in [1.82, 2.24) is 0 Å². The van der Waals surface area contributed by atoms with E-state index in [1.54, 1.807) is 25.1 Å². The average molecular weight is 400 g/mol. The SMILES string of the molecule is COc1cccc2c1C(=O)C1=C(C2=O)[C@@H](C(C)=O)[C@](O)(CC2(C)OCCO2)CC1. The Kier molecular flexibility index (Phi) is 4.72. The first-order valence-electron chi connectivity index (χ1n) is 9.71. The molecule has 3 aliphatic rings. The summed E-state index contributed by atoms with van der Waals surface area (Å²) in [5.41, 5.74) is -0.742. The molecular formula is C22H24O7. The number of aliphatic hydroxyl groups is 1. The molecule has 0 radical (unpaired) electrons. The summed E-state index contributed by atoms with van der Waals surface area (Å²) in [5, 5.41) is 11.5. The predicted molar refractivity (Wildman–Crippen MR) is 102 cm³/mol. The van der Waals surface area contributed by atoms with E-state index in [4.69, 9.17) is 14.2 Å². The summed E-state index contributed by atoms with van der Waals surface area (Å²) >= 11 is 0. The van der Waals surface area contributed by atoms with Crippen LogP contribution >= 0.6 is 0 Å². The van der Waals surface area contributed by atoms with Crippen LogP contribution in [-0.2, 0) is 14.3 Å². The topological polar surface area (TPSA) is 99.1 Å². The number of rotatable bonds is 4. The fourth-order valence-corrected chi connectivity index (χ4v) is 4.97. The molecule has 7 nitrogen and oxygen atoms in total. The summed E-state index contributed by atoms with van der Waals surface area (Å²) in [6.45, 7) is 3.85. The maximum Gasteiger partial charge on any atom is 0.193 e. The lowest BCUT2D eigenvalue weighted by molar-refractivity contribution is -0.192. The Balaban J connectivity index is 1.82. The van der Waals surface area contributed by atoms with Crippen molar-refractivity contribution in [2.45, 2.75) is 44.5 Å². The molecule has 0 spiro atoms. The van der Waals surface area contributed by atoms with Gasteiger partial charge in [-0.3, -0.25) is 14.4 Å². The first-order valence-corrected chi connectivity index (χ1v) is 9.71. The normalized spacial score (nSPS) is 28.2. The summed E-state index contributed by atoms with van der Waals surface area (Å²) in [7, 11) is 1.44. The van der Waals surface area contributed by atoms with Crippen molar-refractivity contribution in [2.75, 3.05) is 20.3 Å². The van der Waals surface area contributed by atoms with Crippen LogP contribution in [0.5, 0.6) is 5.75 Å². The molecule has 1 saturated heterocycles. The standard InChI is InChI=1S/C22H24O7/c1-12(23)18-17-14(7-8-22(18,26)11-21(2)28-9-10-29-21)19(24)16-13(20(17)25)5-4-6-15(16)27-3/h4-6,18,26H,7-11H2,1-3H3/t18-,22-/m1/s1. The Morgan fingerprint density at radius 2 is 1.93 bits per heavy atom. The van der Waals surface area contributed by atoms with E-state index in [1.807, 2.05) is 0 Å². The van der Waals surface area contributed by atoms with Crippen LogP contribution in [-0.4, -0.2) is 54.2 Å². The van der Waals surface area contributed by atoms with Gasteiger partial charge in [0, 0.05) is 23.1 Å². The highest BCUT2D eigenvalue weighted by Gasteiger charge is 2.54. The van der Waals surface area contributed by atoms with Gasteiger partial charge in [-0.15, -0.1) is 0 Å². The minimum Gasteiger partial charge on any atom is -0.496 e. The van der Waals surface area contributed by atoms with Crippen molar-refractivity contribution >= 4 is 17.3 Å². The molecule has 154 valence electrons. The van der Waals surface area contributed by atoms with Crippen molar-refractivity contribution in [3.63, 3.8) is 0 Å². The maximum absolute atomic E-state index is 13.4. The van der Waals surface area contributed by atoms with Crippen molar-refractivity contribution in [2.24, 2.45) is 5.92 Å². The molecule has 4 rings (SSSR count). The molecule has 29 heavy (non-hydrogen) atoms. The first-order chi connectivity index (χ1) is 13.7. The Labute approximate surface area is 168 Å². The van der Waals surface area contributed by atoms with Gasteiger partial charge in [-0.05, 0) is 32.8 Å². The van der Waals surface area contributed by atoms with Crippen LogP contribution in [0.1, 0.15) is 53.8 Å². The number of ketones is 3. The number of carbonyl (C=O) groups is 3. The van der Waals surface area contributed by atoms with Gasteiger partial charge in [0.25, 0.3) is 0 Å². The molecule has 0 unspecified atom stereocenters. The summed E-state index contributed by atoms with van der Waals surface area (Å²) in [4.78, 5) is 39.3. The second-order valence-corrected chi connectivity index (χ2v) is 8.09. The molecule has 2 atom stereocenters. The van der Waals surface area contributed by atoms with E-state index in [1.165, 1.54) is 14.0 Å². The monoisotopic (exact) mass is 400 g/mol. The van der Waals surface area contributed by atoms with Crippen LogP contribution < -0.4 is 4.74 Å². The second-order valence-electron chi connectivity index (χ2n) is 8.09. The van der Waals surface area contributed by atoms with Crippen molar-refractivity contribution in [1.29, 1.82) is 0 Å². The van der Waals surface area contributed by atoms with E-state index < -0.39 is 23.1 Å². The fraction of sp³-hybridized carbons (Fsp3) is 0.500. The highest BCUT2D eigenvalue weighted by Crippen LogP contribution is 2.48. The Morgan fingerprint density at radius 3 is 2.55 bits per heavy atom. The Bertz CT molecular complexity index is 938. The molecule has 1 aromatic carbocycles. The average Bonchev–Trinajstić information content (AvgIpc) is 3.10. The van der Waals surface area contributed by atoms with Crippen molar-refractivity contribution in [3.8, 4) is 5.75 Å². The summed E-state index contributed by atoms with van der Waals surface area (Å²) in [5.74, 6) is -2.93. The molecule has 7 heteroatoms. The number of allylic oxidation sites excluding steroid dienone is 1. The van der Waals surface area contributed by atoms with Gasteiger partial charge < -0.3 is 19.3 Å². The van der Waals surface area contributed by atoms with Crippen LogP contribution in [0.15, 0.2) is 29.3 Å². The number of benzene rings is 1. The van der Waals surface area contributed by atoms with Crippen LogP contribution in [0.2, 0.25) is 0 Å². The van der Waals surface area contributed by atoms with Gasteiger partial charge in [0.15, 0.2) is 17.4 Å². The van der Waals surface area contributed by atoms with Crippen LogP contribution in [0.25, 0.3) is 0 Å². The lowest BCUT2D eigenvalue weighted by atomic mass is 9.63. The van der Waals surface area contributed by atoms with Gasteiger partial charge >= 0.3 is 0 Å². The van der Waals surface area contributed by atoms with E-state index in [9.17, 15) is 19.5 Å². The van der Waals surface area contributed by atoms with Gasteiger partial charge in [0.1, 0.15) is 11.5 Å². The molecule has 1 N–H and O–H groups in total. The molecule has 0 aromatic heterocycles. The number of ether oxygens (including phenoxy) is 3. The lowest BCUT2D eigenvalue weighted by Crippen LogP contribution is -2.52. The van der Waals surface area contributed by atoms with E-state index in [2.05, 4.69) is 0 Å². The summed E-state index contributed by atoms with van der Waals surface area (Å²) in [6.07, 6.45) is 0.378. The number of hydrogen-bond acceptors (Lipinski definition) is 7. The zero-order valence-electron chi connectivity index (χ0n) is 16.7. The van der Waals surface area contributed by atoms with Gasteiger partial charge in [0.2, 0.25) is 0 Å². The lowest BCUT2D eigenvalue weighted by Gasteiger charge is -2.44. The van der Waals surface area contributed by atoms with E-state index in [0.29, 0.717) is 19.0 Å². The second kappa shape index (κ2) is 6.86. The fourth-order valence-electron chi connectivity index (χ4n) is 4.97. The third-order valence-electron chi connectivity index (χ3n) is 6.13. The minimum atomic E-state index is -1.55. The Morgan fingerprint density at radius 1 is 1.24 bits per heavy atom. The number of hydrogen-bond donors (Lipinski definition) is 1. The molecular weight excluding hydrogens is 376 g/mol. The molecule has 2 aliphatic carbocycles. The number of carbonyl (C=O) groups excluding carboxylic acids is 3. The van der Waals surface area contributed by atoms with E-state index in [-0.39, 0.29) is 53.1 Å². The van der Waals surface area contributed by atoms with Crippen LogP contribution in [0, 0.1) is 5.92 Å². The summed E-state index contributed by atoms with van der Waals surface area (Å²) < 4.78 is 16.5. The van der Waals surface area contributed by atoms with Crippen LogP contribution in [0.3, 0.4) is 0 Å². The molecule has 0 bridgehead atoms. The molecule has 0 amide bonds. The third kappa shape index (κ3) is 3.04. The van der Waals surface area contributed by atoms with Crippen molar-refractivity contribution < 1.29 is 33.7 Å². The number of Topliss-reactive ketones (excluding diaryl/α,β-unsaturated/α-hetero) is 3. The van der Waals surface area contributed by atoms with E-state index in [0.717, 1.165) is 0 Å². The van der Waals surface area contributed by atoms with Crippen molar-refractivity contribution in [3.05, 3.63) is 40.5 Å². The largest absolute Gasteiger partial charge is 0.496 e. The predicted octanol–water partition coefficient (Wildman–Crippen LogP) is 2.25. The Hall–Kier alpha value is -2.35. The highest BCUT2D eigenvalue weighted by atomic mass is 16.7. The first kappa shape index (κ1) is 19.9. The third-order valence-corrected chi connectivity index (χ3v) is 6.13. The molecule has 1 heterocycles.